The first-order valence-corrected chi connectivity index (χ1v) is 8.86. The van der Waals surface area contributed by atoms with E-state index in [2.05, 4.69) is 41.8 Å². The molecular formula is C16H21ClN8. The van der Waals surface area contributed by atoms with Crippen molar-refractivity contribution < 1.29 is 0 Å². The van der Waals surface area contributed by atoms with E-state index in [-0.39, 0.29) is 0 Å². The van der Waals surface area contributed by atoms with Crippen molar-refractivity contribution in [1.82, 2.24) is 34.6 Å². The van der Waals surface area contributed by atoms with Crippen LogP contribution in [0.5, 0.6) is 0 Å². The van der Waals surface area contributed by atoms with Crippen molar-refractivity contribution in [2.75, 3.05) is 31.1 Å². The van der Waals surface area contributed by atoms with Crippen LogP contribution in [-0.4, -0.2) is 60.8 Å². The minimum absolute atomic E-state index is 0.710. The number of imidazole rings is 1. The summed E-state index contributed by atoms with van der Waals surface area (Å²) in [5.74, 6) is 0.927. The smallest absolute Gasteiger partial charge is 0.182 e. The van der Waals surface area contributed by atoms with Gasteiger partial charge in [0.1, 0.15) is 17.0 Å². The van der Waals surface area contributed by atoms with Gasteiger partial charge in [0.2, 0.25) is 0 Å². The molecule has 0 spiro atoms. The Bertz CT molecular complexity index is 878. The molecule has 1 fully saturated rings. The zero-order chi connectivity index (χ0) is 17.4. The number of aromatic nitrogens is 6. The first-order valence-electron chi connectivity index (χ1n) is 8.49. The summed E-state index contributed by atoms with van der Waals surface area (Å²) in [6.07, 6.45) is 4.14. The lowest BCUT2D eigenvalue weighted by Gasteiger charge is -2.35. The van der Waals surface area contributed by atoms with Crippen molar-refractivity contribution in [3.63, 3.8) is 0 Å². The first-order chi connectivity index (χ1) is 12.2. The fourth-order valence-electron chi connectivity index (χ4n) is 3.37. The average Bonchev–Trinajstić information content (AvgIpc) is 3.22. The highest BCUT2D eigenvalue weighted by Gasteiger charge is 2.23. The van der Waals surface area contributed by atoms with Gasteiger partial charge < -0.3 is 9.88 Å². The molecule has 0 atom stereocenters. The number of rotatable bonds is 4. The van der Waals surface area contributed by atoms with Gasteiger partial charge in [0, 0.05) is 45.3 Å². The number of nitrogens with zero attached hydrogens (tertiary/aromatic N) is 7. The van der Waals surface area contributed by atoms with Crippen molar-refractivity contribution in [3.8, 4) is 0 Å². The molecule has 132 valence electrons. The number of piperazine rings is 1. The molecule has 3 aromatic rings. The lowest BCUT2D eigenvalue weighted by Crippen LogP contribution is -2.46. The number of aromatic amines is 1. The maximum absolute atomic E-state index is 6.42. The van der Waals surface area contributed by atoms with Gasteiger partial charge in [-0.05, 0) is 6.42 Å². The largest absolute Gasteiger partial charge is 0.352 e. The molecular weight excluding hydrogens is 340 g/mol. The van der Waals surface area contributed by atoms with Crippen LogP contribution in [0.3, 0.4) is 0 Å². The van der Waals surface area contributed by atoms with Crippen molar-refractivity contribution in [2.24, 2.45) is 7.05 Å². The molecule has 0 aromatic carbocycles. The van der Waals surface area contributed by atoms with Gasteiger partial charge in [-0.3, -0.25) is 9.58 Å². The van der Waals surface area contributed by atoms with Gasteiger partial charge in [-0.2, -0.15) is 5.10 Å². The summed E-state index contributed by atoms with van der Waals surface area (Å²) in [5, 5.41) is 5.25. The van der Waals surface area contributed by atoms with Crippen molar-refractivity contribution >= 4 is 28.6 Å². The predicted molar refractivity (Wildman–Crippen MR) is 96.8 cm³/mol. The van der Waals surface area contributed by atoms with E-state index in [0.29, 0.717) is 5.65 Å². The summed E-state index contributed by atoms with van der Waals surface area (Å²) in [6, 6.07) is 0. The lowest BCUT2D eigenvalue weighted by atomic mass is 10.2. The Balaban J connectivity index is 1.46. The Hall–Kier alpha value is -2.19. The van der Waals surface area contributed by atoms with Crippen LogP contribution in [0, 0.1) is 0 Å². The second-order valence-electron chi connectivity index (χ2n) is 6.25. The zero-order valence-corrected chi connectivity index (χ0v) is 15.2. The Morgan fingerprint density at radius 2 is 1.96 bits per heavy atom. The van der Waals surface area contributed by atoms with E-state index in [1.807, 2.05) is 7.05 Å². The van der Waals surface area contributed by atoms with Crippen LogP contribution >= 0.6 is 11.6 Å². The highest BCUT2D eigenvalue weighted by Crippen LogP contribution is 2.24. The number of anilines is 1. The lowest BCUT2D eigenvalue weighted by molar-refractivity contribution is 0.249. The molecule has 1 saturated heterocycles. The quantitative estimate of drug-likeness (QED) is 0.761. The van der Waals surface area contributed by atoms with Crippen LogP contribution in [0.1, 0.15) is 18.2 Å². The van der Waals surface area contributed by atoms with E-state index >= 15 is 0 Å². The van der Waals surface area contributed by atoms with Gasteiger partial charge in [0.25, 0.3) is 0 Å². The molecule has 3 aromatic heterocycles. The normalized spacial score (nSPS) is 16.0. The molecule has 0 unspecified atom stereocenters. The molecule has 25 heavy (non-hydrogen) atoms. The predicted octanol–water partition coefficient (Wildman–Crippen LogP) is 1.62. The monoisotopic (exact) mass is 360 g/mol. The number of hydrogen-bond acceptors (Lipinski definition) is 6. The number of fused-ring (bicyclic) bond motifs is 1. The minimum atomic E-state index is 0.710. The fraction of sp³-hybridized carbons (Fsp3) is 0.500. The van der Waals surface area contributed by atoms with Crippen LogP contribution < -0.4 is 4.90 Å². The highest BCUT2D eigenvalue weighted by molar-refractivity contribution is 6.30. The third kappa shape index (κ3) is 2.96. The average molecular weight is 361 g/mol. The van der Waals surface area contributed by atoms with E-state index in [0.717, 1.165) is 66.9 Å². The zero-order valence-electron chi connectivity index (χ0n) is 14.4. The second kappa shape index (κ2) is 6.61. The Morgan fingerprint density at radius 1 is 1.16 bits per heavy atom. The van der Waals surface area contributed by atoms with Gasteiger partial charge in [-0.15, -0.1) is 0 Å². The summed E-state index contributed by atoms with van der Waals surface area (Å²) >= 11 is 6.42. The topological polar surface area (TPSA) is 78.8 Å². The van der Waals surface area contributed by atoms with Gasteiger partial charge in [-0.25, -0.2) is 15.0 Å². The third-order valence-electron chi connectivity index (χ3n) is 4.74. The Morgan fingerprint density at radius 3 is 2.72 bits per heavy atom. The molecule has 4 rings (SSSR count). The van der Waals surface area contributed by atoms with Gasteiger partial charge in [0.05, 0.1) is 12.0 Å². The summed E-state index contributed by atoms with van der Waals surface area (Å²) < 4.78 is 1.77. The summed E-state index contributed by atoms with van der Waals surface area (Å²) in [5.41, 5.74) is 3.85. The molecule has 4 heterocycles. The molecule has 0 radical (unpaired) electrons. The van der Waals surface area contributed by atoms with Crippen LogP contribution in [0.15, 0.2) is 12.7 Å². The van der Waals surface area contributed by atoms with Crippen molar-refractivity contribution in [1.29, 1.82) is 0 Å². The molecule has 0 amide bonds. The molecule has 1 aliphatic rings. The summed E-state index contributed by atoms with van der Waals surface area (Å²) in [6.45, 7) is 6.68. The maximum atomic E-state index is 6.42. The molecule has 9 heteroatoms. The van der Waals surface area contributed by atoms with Crippen LogP contribution in [0.2, 0.25) is 5.15 Å². The molecule has 1 aliphatic heterocycles. The van der Waals surface area contributed by atoms with Gasteiger partial charge in [0.15, 0.2) is 11.5 Å². The van der Waals surface area contributed by atoms with E-state index < -0.39 is 0 Å². The molecule has 1 N–H and O–H groups in total. The number of halogens is 1. The minimum Gasteiger partial charge on any atom is -0.352 e. The van der Waals surface area contributed by atoms with Crippen LogP contribution in [0.4, 0.5) is 5.82 Å². The summed E-state index contributed by atoms with van der Waals surface area (Å²) in [7, 11) is 1.90. The van der Waals surface area contributed by atoms with E-state index in [9.17, 15) is 0 Å². The number of hydrogen-bond donors (Lipinski definition) is 1. The molecule has 8 nitrogen and oxygen atoms in total. The number of aryl methyl sites for hydroxylation is 2. The van der Waals surface area contributed by atoms with Gasteiger partial charge in [-0.1, -0.05) is 18.5 Å². The highest BCUT2D eigenvalue weighted by atomic mass is 35.5. The van der Waals surface area contributed by atoms with Crippen LogP contribution in [-0.2, 0) is 20.0 Å². The Kier molecular flexibility index (Phi) is 4.30. The van der Waals surface area contributed by atoms with Gasteiger partial charge >= 0.3 is 0 Å². The van der Waals surface area contributed by atoms with Crippen molar-refractivity contribution in [3.05, 3.63) is 29.1 Å². The Labute approximate surface area is 150 Å². The number of nitrogens with one attached hydrogen (secondary N) is 1. The summed E-state index contributed by atoms with van der Waals surface area (Å²) in [4.78, 5) is 20.7. The standard InChI is InChI=1S/C16H21ClN8/c1-3-12-11(14(17)23(2)22-12)8-24-4-6-25(7-5-24)16-13-15(19-9-18-13)20-10-21-16/h9-10H,3-8H2,1-2H3,(H,18,19,20,21). The molecule has 0 aliphatic carbocycles. The third-order valence-corrected chi connectivity index (χ3v) is 5.22. The van der Waals surface area contributed by atoms with E-state index in [1.54, 1.807) is 17.3 Å². The first kappa shape index (κ1) is 16.3. The second-order valence-corrected chi connectivity index (χ2v) is 6.61. The SMILES string of the molecule is CCc1nn(C)c(Cl)c1CN1CCN(c2ncnc3nc[nH]c23)CC1. The van der Waals surface area contributed by atoms with Crippen LogP contribution in [0.25, 0.3) is 11.2 Å². The van der Waals surface area contributed by atoms with E-state index in [4.69, 9.17) is 11.6 Å². The maximum Gasteiger partial charge on any atom is 0.182 e. The van der Waals surface area contributed by atoms with E-state index in [1.165, 1.54) is 0 Å². The molecule has 0 saturated carbocycles. The fourth-order valence-corrected chi connectivity index (χ4v) is 3.58. The number of H-pyrrole nitrogens is 1. The van der Waals surface area contributed by atoms with Crippen molar-refractivity contribution in [2.45, 2.75) is 19.9 Å². The molecule has 0 bridgehead atoms.